The van der Waals surface area contributed by atoms with Crippen LogP contribution in [0.15, 0.2) is 47.9 Å². The van der Waals surface area contributed by atoms with Crippen molar-refractivity contribution in [3.05, 3.63) is 48.3 Å². The third-order valence-corrected chi connectivity index (χ3v) is 4.72. The van der Waals surface area contributed by atoms with Crippen molar-refractivity contribution in [2.45, 2.75) is 29.6 Å². The highest BCUT2D eigenvalue weighted by molar-refractivity contribution is 7.99. The summed E-state index contributed by atoms with van der Waals surface area (Å²) in [6.07, 6.45) is 5.96. The predicted molar refractivity (Wildman–Crippen MR) is 80.7 cm³/mol. The van der Waals surface area contributed by atoms with Crippen LogP contribution in [0.25, 0.3) is 0 Å². The number of imidazole rings is 1. The molecule has 0 aliphatic heterocycles. The molecule has 2 aromatic rings. The summed E-state index contributed by atoms with van der Waals surface area (Å²) in [5.41, 5.74) is 0.730. The van der Waals surface area contributed by atoms with Gasteiger partial charge in [-0.2, -0.15) is 0 Å². The van der Waals surface area contributed by atoms with Crippen LogP contribution in [0.1, 0.15) is 18.4 Å². The first-order valence-electron chi connectivity index (χ1n) is 6.89. The van der Waals surface area contributed by atoms with Gasteiger partial charge in [0, 0.05) is 24.2 Å². The number of H-pyrrole nitrogens is 1. The van der Waals surface area contributed by atoms with Crippen LogP contribution < -0.4 is 5.32 Å². The number of aromatic amines is 1. The first-order valence-corrected chi connectivity index (χ1v) is 7.87. The molecule has 0 amide bonds. The van der Waals surface area contributed by atoms with Crippen LogP contribution >= 0.6 is 11.8 Å². The average Bonchev–Trinajstić information content (AvgIpc) is 3.16. The summed E-state index contributed by atoms with van der Waals surface area (Å²) in [6, 6.07) is 10.7. The summed E-state index contributed by atoms with van der Waals surface area (Å²) >= 11 is 1.63. The highest BCUT2D eigenvalue weighted by Crippen LogP contribution is 2.32. The van der Waals surface area contributed by atoms with Gasteiger partial charge < -0.3 is 15.4 Å². The van der Waals surface area contributed by atoms with Gasteiger partial charge in [-0.3, -0.25) is 0 Å². The summed E-state index contributed by atoms with van der Waals surface area (Å²) < 4.78 is 0. The van der Waals surface area contributed by atoms with Crippen LogP contribution in [0.3, 0.4) is 0 Å². The normalized spacial score (nSPS) is 17.9. The number of nitrogens with one attached hydrogen (secondary N) is 2. The molecule has 1 aliphatic rings. The lowest BCUT2D eigenvalue weighted by atomic mass is 9.92. The Labute approximate surface area is 123 Å². The van der Waals surface area contributed by atoms with Crippen LogP contribution in [0, 0.1) is 0 Å². The van der Waals surface area contributed by atoms with Crippen molar-refractivity contribution in [2.24, 2.45) is 0 Å². The molecule has 5 heteroatoms. The lowest BCUT2D eigenvalue weighted by Crippen LogP contribution is -2.49. The van der Waals surface area contributed by atoms with Crippen LogP contribution in [-0.4, -0.2) is 33.5 Å². The van der Waals surface area contributed by atoms with E-state index in [1.807, 2.05) is 24.4 Å². The Morgan fingerprint density at radius 2 is 2.15 bits per heavy atom. The van der Waals surface area contributed by atoms with E-state index in [0.717, 1.165) is 16.5 Å². The fraction of sp³-hybridized carbons (Fsp3) is 0.400. The molecule has 1 aliphatic carbocycles. The zero-order chi connectivity index (χ0) is 13.8. The summed E-state index contributed by atoms with van der Waals surface area (Å²) in [6.45, 7) is 0.0845. The Bertz CT molecular complexity index is 527. The van der Waals surface area contributed by atoms with E-state index < -0.39 is 5.54 Å². The largest absolute Gasteiger partial charge is 0.394 e. The molecular formula is C15H19N3OS. The van der Waals surface area contributed by atoms with E-state index in [4.69, 9.17) is 0 Å². The topological polar surface area (TPSA) is 60.9 Å². The molecule has 0 radical (unpaired) electrons. The third-order valence-electron chi connectivity index (χ3n) is 3.58. The van der Waals surface area contributed by atoms with Crippen LogP contribution in [-0.2, 0) is 5.54 Å². The van der Waals surface area contributed by atoms with Gasteiger partial charge in [-0.05, 0) is 18.4 Å². The lowest BCUT2D eigenvalue weighted by molar-refractivity contribution is 0.177. The van der Waals surface area contributed by atoms with Crippen molar-refractivity contribution < 1.29 is 5.11 Å². The zero-order valence-electron chi connectivity index (χ0n) is 11.2. The molecule has 1 saturated carbocycles. The Morgan fingerprint density at radius 3 is 2.75 bits per heavy atom. The first-order chi connectivity index (χ1) is 9.82. The Morgan fingerprint density at radius 1 is 1.35 bits per heavy atom. The van der Waals surface area contributed by atoms with Crippen molar-refractivity contribution >= 4 is 11.8 Å². The maximum absolute atomic E-state index is 10.0. The van der Waals surface area contributed by atoms with E-state index in [-0.39, 0.29) is 6.61 Å². The lowest BCUT2D eigenvalue weighted by Gasteiger charge is -2.33. The Kier molecular flexibility index (Phi) is 4.10. The van der Waals surface area contributed by atoms with Crippen LogP contribution in [0.5, 0.6) is 0 Å². The summed E-state index contributed by atoms with van der Waals surface area (Å²) in [7, 11) is 0. The van der Waals surface area contributed by atoms with Gasteiger partial charge in [-0.1, -0.05) is 42.1 Å². The molecule has 4 nitrogen and oxygen atoms in total. The highest BCUT2D eigenvalue weighted by Gasteiger charge is 2.37. The van der Waals surface area contributed by atoms with Gasteiger partial charge in [0.05, 0.1) is 12.1 Å². The summed E-state index contributed by atoms with van der Waals surface area (Å²) in [4.78, 5) is 7.34. The molecule has 106 valence electrons. The molecule has 0 bridgehead atoms. The van der Waals surface area contributed by atoms with Crippen molar-refractivity contribution in [2.75, 3.05) is 12.4 Å². The number of thioether (sulfide) groups is 1. The van der Waals surface area contributed by atoms with Gasteiger partial charge in [-0.25, -0.2) is 4.98 Å². The van der Waals surface area contributed by atoms with Crippen molar-refractivity contribution in [1.82, 2.24) is 15.3 Å². The fourth-order valence-electron chi connectivity index (χ4n) is 2.29. The van der Waals surface area contributed by atoms with Crippen LogP contribution in [0.2, 0.25) is 0 Å². The molecule has 20 heavy (non-hydrogen) atoms. The number of hydrogen-bond acceptors (Lipinski definition) is 4. The van der Waals surface area contributed by atoms with Gasteiger partial charge in [0.25, 0.3) is 0 Å². The van der Waals surface area contributed by atoms with Crippen molar-refractivity contribution in [1.29, 1.82) is 0 Å². The second kappa shape index (κ2) is 5.99. The third kappa shape index (κ3) is 3.06. The Balaban J connectivity index is 1.81. The SMILES string of the molecule is OCC(CSc1ncc[nH]1)(NC1CC1)c1ccccc1. The van der Waals surface area contributed by atoms with Crippen molar-refractivity contribution in [3.63, 3.8) is 0 Å². The average molecular weight is 289 g/mol. The minimum Gasteiger partial charge on any atom is -0.394 e. The minimum atomic E-state index is -0.403. The molecule has 3 rings (SSSR count). The molecule has 1 fully saturated rings. The molecule has 0 spiro atoms. The second-order valence-corrected chi connectivity index (χ2v) is 6.17. The van der Waals surface area contributed by atoms with Gasteiger partial charge in [0.15, 0.2) is 5.16 Å². The van der Waals surface area contributed by atoms with Crippen LogP contribution in [0.4, 0.5) is 0 Å². The van der Waals surface area contributed by atoms with E-state index in [2.05, 4.69) is 27.4 Å². The van der Waals surface area contributed by atoms with E-state index in [1.54, 1.807) is 18.0 Å². The van der Waals surface area contributed by atoms with E-state index in [1.165, 1.54) is 12.8 Å². The number of benzene rings is 1. The summed E-state index contributed by atoms with van der Waals surface area (Å²) in [5.74, 6) is 0.748. The van der Waals surface area contributed by atoms with Gasteiger partial charge in [0.1, 0.15) is 0 Å². The van der Waals surface area contributed by atoms with Crippen molar-refractivity contribution in [3.8, 4) is 0 Å². The minimum absolute atomic E-state index is 0.0845. The summed E-state index contributed by atoms with van der Waals surface area (Å²) in [5, 5.41) is 14.5. The van der Waals surface area contributed by atoms with Gasteiger partial charge >= 0.3 is 0 Å². The maximum atomic E-state index is 10.0. The Hall–Kier alpha value is -1.30. The molecular weight excluding hydrogens is 270 g/mol. The standard InChI is InChI=1S/C15H19N3OS/c19-10-15(18-13-6-7-13,12-4-2-1-3-5-12)11-20-14-16-8-9-17-14/h1-5,8-9,13,18-19H,6-7,10-11H2,(H,16,17). The van der Waals surface area contributed by atoms with E-state index >= 15 is 0 Å². The second-order valence-electron chi connectivity index (χ2n) is 5.21. The molecule has 0 saturated heterocycles. The van der Waals surface area contributed by atoms with Gasteiger partial charge in [-0.15, -0.1) is 0 Å². The number of hydrogen-bond donors (Lipinski definition) is 3. The molecule has 1 heterocycles. The number of aliphatic hydroxyl groups excluding tert-OH is 1. The monoisotopic (exact) mass is 289 g/mol. The molecule has 1 unspecified atom stereocenters. The zero-order valence-corrected chi connectivity index (χ0v) is 12.1. The maximum Gasteiger partial charge on any atom is 0.165 e. The smallest absolute Gasteiger partial charge is 0.165 e. The number of aromatic nitrogens is 2. The molecule has 1 aromatic carbocycles. The number of aliphatic hydroxyl groups is 1. The molecule has 1 atom stereocenters. The number of rotatable bonds is 7. The molecule has 1 aromatic heterocycles. The quantitative estimate of drug-likeness (QED) is 0.684. The van der Waals surface area contributed by atoms with E-state index in [9.17, 15) is 5.11 Å². The first kappa shape index (κ1) is 13.7. The van der Waals surface area contributed by atoms with Gasteiger partial charge in [0.2, 0.25) is 0 Å². The number of nitrogens with zero attached hydrogens (tertiary/aromatic N) is 1. The fourth-order valence-corrected chi connectivity index (χ4v) is 3.30. The predicted octanol–water partition coefficient (Wildman–Crippen LogP) is 2.14. The van der Waals surface area contributed by atoms with E-state index in [0.29, 0.717) is 6.04 Å². The highest BCUT2D eigenvalue weighted by atomic mass is 32.2. The molecule has 3 N–H and O–H groups in total.